The Hall–Kier alpha value is -1.02. The minimum Gasteiger partial charge on any atom is -0.325 e. The number of carbonyl (C=O) groups is 1. The van der Waals surface area contributed by atoms with Crippen molar-refractivity contribution in [3.05, 3.63) is 29.3 Å². The van der Waals surface area contributed by atoms with Crippen molar-refractivity contribution in [1.82, 2.24) is 0 Å². The summed E-state index contributed by atoms with van der Waals surface area (Å²) >= 11 is 5.47. The molecule has 2 rings (SSSR count). The molecule has 0 saturated heterocycles. The maximum Gasteiger partial charge on any atom is 0.239 e. The Morgan fingerprint density at radius 2 is 2.13 bits per heavy atom. The number of nitrogens with one attached hydrogen (secondary N) is 1. The molecule has 1 aromatic rings. The van der Waals surface area contributed by atoms with Gasteiger partial charge in [-0.1, -0.05) is 12.1 Å². The van der Waals surface area contributed by atoms with Crippen molar-refractivity contribution in [1.29, 1.82) is 0 Å². The molecule has 15 heavy (non-hydrogen) atoms. The van der Waals surface area contributed by atoms with E-state index in [4.69, 9.17) is 11.6 Å². The van der Waals surface area contributed by atoms with Crippen LogP contribution in [0.3, 0.4) is 0 Å². The van der Waals surface area contributed by atoms with Gasteiger partial charge in [0.2, 0.25) is 5.91 Å². The summed E-state index contributed by atoms with van der Waals surface area (Å²) in [7, 11) is 0. The summed E-state index contributed by atoms with van der Waals surface area (Å²) in [6.07, 6.45) is 4.65. The highest BCUT2D eigenvalue weighted by Crippen LogP contribution is 2.27. The van der Waals surface area contributed by atoms with Crippen LogP contribution in [-0.4, -0.2) is 11.8 Å². The maximum atomic E-state index is 11.2. The lowest BCUT2D eigenvalue weighted by Gasteiger charge is -2.19. The molecule has 1 aliphatic carbocycles. The molecule has 0 atom stereocenters. The molecule has 0 radical (unpaired) electrons. The fraction of sp³-hybridized carbons (Fsp3) is 0.417. The summed E-state index contributed by atoms with van der Waals surface area (Å²) in [6, 6.07) is 6.09. The van der Waals surface area contributed by atoms with Crippen LogP contribution in [-0.2, 0) is 17.6 Å². The van der Waals surface area contributed by atoms with Crippen LogP contribution in [0.1, 0.15) is 24.0 Å². The van der Waals surface area contributed by atoms with Crippen molar-refractivity contribution in [2.24, 2.45) is 0 Å². The number of benzene rings is 1. The van der Waals surface area contributed by atoms with Gasteiger partial charge in [-0.15, -0.1) is 11.6 Å². The summed E-state index contributed by atoms with van der Waals surface area (Å²) in [5.74, 6) is -0.112. The number of amides is 1. The summed E-state index contributed by atoms with van der Waals surface area (Å²) < 4.78 is 0. The highest BCUT2D eigenvalue weighted by molar-refractivity contribution is 6.29. The molecule has 0 fully saturated rings. The fourth-order valence-electron chi connectivity index (χ4n) is 2.08. The molecule has 80 valence electrons. The minimum absolute atomic E-state index is 0.0175. The van der Waals surface area contributed by atoms with E-state index >= 15 is 0 Å². The number of halogens is 1. The van der Waals surface area contributed by atoms with Crippen molar-refractivity contribution in [2.75, 3.05) is 11.2 Å². The summed E-state index contributed by atoms with van der Waals surface area (Å²) in [4.78, 5) is 11.2. The first kappa shape index (κ1) is 10.5. The Bertz CT molecular complexity index is 376. The molecule has 0 bridgehead atoms. The highest BCUT2D eigenvalue weighted by atomic mass is 35.5. The van der Waals surface area contributed by atoms with Crippen molar-refractivity contribution in [2.45, 2.75) is 25.7 Å². The van der Waals surface area contributed by atoms with Gasteiger partial charge in [0.1, 0.15) is 5.88 Å². The maximum absolute atomic E-state index is 11.2. The molecule has 1 N–H and O–H groups in total. The van der Waals surface area contributed by atoms with Crippen LogP contribution in [0.5, 0.6) is 0 Å². The van der Waals surface area contributed by atoms with Crippen molar-refractivity contribution >= 4 is 23.2 Å². The molecule has 1 aromatic carbocycles. The number of rotatable bonds is 2. The Kier molecular flexibility index (Phi) is 3.27. The molecular formula is C12H14ClNO. The SMILES string of the molecule is O=C(CCl)Nc1cccc2c1CCCC2. The summed E-state index contributed by atoms with van der Waals surface area (Å²) in [5, 5.41) is 2.85. The van der Waals surface area contributed by atoms with Crippen LogP contribution in [0.4, 0.5) is 5.69 Å². The number of hydrogen-bond acceptors (Lipinski definition) is 1. The molecule has 0 aromatic heterocycles. The van der Waals surface area contributed by atoms with E-state index in [0.717, 1.165) is 18.5 Å². The van der Waals surface area contributed by atoms with Gasteiger partial charge in [0.05, 0.1) is 0 Å². The van der Waals surface area contributed by atoms with Crippen LogP contribution >= 0.6 is 11.6 Å². The zero-order valence-electron chi connectivity index (χ0n) is 8.55. The Morgan fingerprint density at radius 1 is 1.33 bits per heavy atom. The second kappa shape index (κ2) is 4.67. The van der Waals surface area contributed by atoms with E-state index < -0.39 is 0 Å². The molecule has 0 unspecified atom stereocenters. The number of fused-ring (bicyclic) bond motifs is 1. The van der Waals surface area contributed by atoms with E-state index in [-0.39, 0.29) is 11.8 Å². The highest BCUT2D eigenvalue weighted by Gasteiger charge is 2.13. The van der Waals surface area contributed by atoms with E-state index in [1.807, 2.05) is 12.1 Å². The molecule has 1 amide bonds. The first-order valence-electron chi connectivity index (χ1n) is 5.28. The molecule has 2 nitrogen and oxygen atoms in total. The summed E-state index contributed by atoms with van der Waals surface area (Å²) in [6.45, 7) is 0. The van der Waals surface area contributed by atoms with Crippen molar-refractivity contribution in [3.63, 3.8) is 0 Å². The quantitative estimate of drug-likeness (QED) is 0.768. The lowest BCUT2D eigenvalue weighted by atomic mass is 9.90. The predicted molar refractivity (Wildman–Crippen MR) is 62.4 cm³/mol. The average molecular weight is 224 g/mol. The number of hydrogen-bond donors (Lipinski definition) is 1. The first-order chi connectivity index (χ1) is 7.31. The van der Waals surface area contributed by atoms with E-state index in [9.17, 15) is 4.79 Å². The van der Waals surface area contributed by atoms with Crippen molar-refractivity contribution < 1.29 is 4.79 Å². The van der Waals surface area contributed by atoms with Crippen LogP contribution in [0.2, 0.25) is 0 Å². The fourth-order valence-corrected chi connectivity index (χ4v) is 2.15. The smallest absolute Gasteiger partial charge is 0.239 e. The topological polar surface area (TPSA) is 29.1 Å². The molecule has 0 spiro atoms. The van der Waals surface area contributed by atoms with Gasteiger partial charge < -0.3 is 5.32 Å². The monoisotopic (exact) mass is 223 g/mol. The van der Waals surface area contributed by atoms with Crippen molar-refractivity contribution in [3.8, 4) is 0 Å². The van der Waals surface area contributed by atoms with Crippen LogP contribution < -0.4 is 5.32 Å². The number of aryl methyl sites for hydroxylation is 1. The van der Waals surface area contributed by atoms with Gasteiger partial charge in [0.25, 0.3) is 0 Å². The minimum atomic E-state index is -0.129. The zero-order valence-corrected chi connectivity index (χ0v) is 9.31. The third-order valence-corrected chi connectivity index (χ3v) is 3.03. The van der Waals surface area contributed by atoms with E-state index in [1.165, 1.54) is 24.0 Å². The largest absolute Gasteiger partial charge is 0.325 e. The van der Waals surface area contributed by atoms with E-state index in [2.05, 4.69) is 11.4 Å². The van der Waals surface area contributed by atoms with E-state index in [0.29, 0.717) is 0 Å². The zero-order chi connectivity index (χ0) is 10.7. The van der Waals surface area contributed by atoms with Crippen LogP contribution in [0.15, 0.2) is 18.2 Å². The lowest BCUT2D eigenvalue weighted by Crippen LogP contribution is -2.16. The van der Waals surface area contributed by atoms with Gasteiger partial charge in [-0.2, -0.15) is 0 Å². The number of carbonyl (C=O) groups excluding carboxylic acids is 1. The average Bonchev–Trinajstić information content (AvgIpc) is 2.29. The Morgan fingerprint density at radius 3 is 2.93 bits per heavy atom. The normalized spacial score (nSPS) is 14.5. The second-order valence-corrected chi connectivity index (χ2v) is 4.10. The molecule has 0 heterocycles. The van der Waals surface area contributed by atoms with E-state index in [1.54, 1.807) is 0 Å². The number of anilines is 1. The van der Waals surface area contributed by atoms with Gasteiger partial charge in [-0.25, -0.2) is 0 Å². The molecule has 0 aliphatic heterocycles. The first-order valence-corrected chi connectivity index (χ1v) is 5.81. The predicted octanol–water partition coefficient (Wildman–Crippen LogP) is 2.74. The molecular weight excluding hydrogens is 210 g/mol. The second-order valence-electron chi connectivity index (χ2n) is 3.83. The third kappa shape index (κ3) is 2.32. The molecule has 3 heteroatoms. The lowest BCUT2D eigenvalue weighted by molar-refractivity contribution is -0.113. The summed E-state index contributed by atoms with van der Waals surface area (Å²) in [5.41, 5.74) is 3.61. The Balaban J connectivity index is 2.27. The standard InChI is InChI=1S/C12H14ClNO/c13-8-12(15)14-11-7-3-5-9-4-1-2-6-10(9)11/h3,5,7H,1-2,4,6,8H2,(H,14,15). The van der Waals surface area contributed by atoms with Gasteiger partial charge in [-0.05, 0) is 42.9 Å². The van der Waals surface area contributed by atoms with Crippen LogP contribution in [0, 0.1) is 0 Å². The van der Waals surface area contributed by atoms with Gasteiger partial charge in [0.15, 0.2) is 0 Å². The number of alkyl halides is 1. The van der Waals surface area contributed by atoms with Crippen LogP contribution in [0.25, 0.3) is 0 Å². The van der Waals surface area contributed by atoms with Gasteiger partial charge in [-0.3, -0.25) is 4.79 Å². The Labute approximate surface area is 94.6 Å². The molecule has 0 saturated carbocycles. The molecule has 1 aliphatic rings. The third-order valence-electron chi connectivity index (χ3n) is 2.79. The van der Waals surface area contributed by atoms with Gasteiger partial charge >= 0.3 is 0 Å². The van der Waals surface area contributed by atoms with Gasteiger partial charge in [0, 0.05) is 5.69 Å².